The summed E-state index contributed by atoms with van der Waals surface area (Å²) in [5.41, 5.74) is 3.52. The molecule has 1 saturated heterocycles. The van der Waals surface area contributed by atoms with Crippen LogP contribution in [0.5, 0.6) is 0 Å². The van der Waals surface area contributed by atoms with Crippen molar-refractivity contribution >= 4 is 17.0 Å². The Morgan fingerprint density at radius 2 is 2.00 bits per heavy atom. The van der Waals surface area contributed by atoms with E-state index in [1.807, 2.05) is 25.7 Å². The Balaban J connectivity index is 1.90. The molecule has 1 aliphatic rings. The highest BCUT2D eigenvalue weighted by atomic mass is 16.6. The summed E-state index contributed by atoms with van der Waals surface area (Å²) in [4.78, 5) is 14.5. The van der Waals surface area contributed by atoms with Crippen molar-refractivity contribution in [1.82, 2.24) is 9.47 Å². The first-order valence-corrected chi connectivity index (χ1v) is 10.4. The molecule has 1 aromatic heterocycles. The average molecular weight is 387 g/mol. The van der Waals surface area contributed by atoms with E-state index in [-0.39, 0.29) is 6.09 Å². The van der Waals surface area contributed by atoms with Crippen LogP contribution >= 0.6 is 0 Å². The minimum atomic E-state index is -0.463. The third kappa shape index (κ3) is 4.52. The van der Waals surface area contributed by atoms with Crippen LogP contribution < -0.4 is 0 Å². The van der Waals surface area contributed by atoms with Gasteiger partial charge in [0.2, 0.25) is 0 Å². The van der Waals surface area contributed by atoms with Gasteiger partial charge >= 0.3 is 6.09 Å². The summed E-state index contributed by atoms with van der Waals surface area (Å²) in [5, 5.41) is 1.31. The zero-order valence-corrected chi connectivity index (χ0v) is 18.0. The van der Waals surface area contributed by atoms with E-state index in [0.717, 1.165) is 45.5 Å². The van der Waals surface area contributed by atoms with E-state index in [1.165, 1.54) is 22.2 Å². The minimum Gasteiger partial charge on any atom is -0.444 e. The number of piperidine rings is 1. The maximum absolute atomic E-state index is 12.6. The second-order valence-corrected chi connectivity index (χ2v) is 8.79. The van der Waals surface area contributed by atoms with E-state index < -0.39 is 5.60 Å². The molecule has 2 heterocycles. The standard InChI is InChI=1S/C23H34N2O3/c1-17-19-11-6-7-12-20(19)25(14-9-15-27-5)21(17)18-10-8-13-24(16-18)22(26)28-23(2,3)4/h6-7,11-12,18H,8-10,13-16H2,1-5H3. The first kappa shape index (κ1) is 20.7. The third-order valence-corrected chi connectivity index (χ3v) is 5.46. The van der Waals surface area contributed by atoms with Crippen LogP contribution in [-0.2, 0) is 16.0 Å². The molecular formula is C23H34N2O3. The molecule has 1 amide bonds. The van der Waals surface area contributed by atoms with Gasteiger partial charge in [0.05, 0.1) is 0 Å². The molecule has 0 spiro atoms. The first-order valence-electron chi connectivity index (χ1n) is 10.4. The zero-order chi connectivity index (χ0) is 20.3. The first-order chi connectivity index (χ1) is 13.3. The highest BCUT2D eigenvalue weighted by Crippen LogP contribution is 2.36. The molecule has 28 heavy (non-hydrogen) atoms. The van der Waals surface area contributed by atoms with Crippen molar-refractivity contribution in [1.29, 1.82) is 0 Å². The highest BCUT2D eigenvalue weighted by Gasteiger charge is 2.31. The minimum absolute atomic E-state index is 0.197. The van der Waals surface area contributed by atoms with Crippen LogP contribution in [0.3, 0.4) is 0 Å². The molecule has 1 fully saturated rings. The van der Waals surface area contributed by atoms with Crippen LogP contribution in [0.2, 0.25) is 0 Å². The maximum atomic E-state index is 12.6. The van der Waals surface area contributed by atoms with Crippen molar-refractivity contribution in [2.75, 3.05) is 26.8 Å². The molecule has 1 aromatic carbocycles. The molecule has 0 radical (unpaired) electrons. The number of aromatic nitrogens is 1. The van der Waals surface area contributed by atoms with Gasteiger partial charge in [0.15, 0.2) is 0 Å². The number of methoxy groups -OCH3 is 1. The molecule has 0 aliphatic carbocycles. The number of benzene rings is 1. The van der Waals surface area contributed by atoms with E-state index in [1.54, 1.807) is 7.11 Å². The van der Waals surface area contributed by atoms with E-state index in [2.05, 4.69) is 35.8 Å². The molecule has 154 valence electrons. The summed E-state index contributed by atoms with van der Waals surface area (Å²) in [5.74, 6) is 0.330. The lowest BCUT2D eigenvalue weighted by atomic mass is 9.92. The largest absolute Gasteiger partial charge is 0.444 e. The zero-order valence-electron chi connectivity index (χ0n) is 18.0. The van der Waals surface area contributed by atoms with Crippen molar-refractivity contribution in [3.8, 4) is 0 Å². The number of amides is 1. The summed E-state index contributed by atoms with van der Waals surface area (Å²) in [6.07, 6.45) is 2.88. The van der Waals surface area contributed by atoms with Gasteiger partial charge in [0, 0.05) is 55.9 Å². The molecule has 0 N–H and O–H groups in total. The van der Waals surface area contributed by atoms with Gasteiger partial charge in [-0.1, -0.05) is 18.2 Å². The van der Waals surface area contributed by atoms with Gasteiger partial charge in [-0.3, -0.25) is 0 Å². The predicted octanol–water partition coefficient (Wildman–Crippen LogP) is 5.10. The van der Waals surface area contributed by atoms with Crippen LogP contribution in [0.15, 0.2) is 24.3 Å². The van der Waals surface area contributed by atoms with Crippen LogP contribution in [0.25, 0.3) is 10.9 Å². The fraction of sp³-hybridized carbons (Fsp3) is 0.609. The molecule has 1 atom stereocenters. The quantitative estimate of drug-likeness (QED) is 0.672. The van der Waals surface area contributed by atoms with E-state index in [4.69, 9.17) is 9.47 Å². The van der Waals surface area contributed by atoms with Gasteiger partial charge in [0.1, 0.15) is 5.60 Å². The summed E-state index contributed by atoms with van der Waals surface area (Å²) in [6, 6.07) is 8.61. The summed E-state index contributed by atoms with van der Waals surface area (Å²) >= 11 is 0. The number of likely N-dealkylation sites (tertiary alicyclic amines) is 1. The predicted molar refractivity (Wildman–Crippen MR) is 113 cm³/mol. The average Bonchev–Trinajstić information content (AvgIpc) is 2.93. The van der Waals surface area contributed by atoms with Crippen LogP contribution in [0, 0.1) is 6.92 Å². The molecule has 5 heteroatoms. The van der Waals surface area contributed by atoms with E-state index in [9.17, 15) is 4.79 Å². The van der Waals surface area contributed by atoms with Gasteiger partial charge in [-0.15, -0.1) is 0 Å². The summed E-state index contributed by atoms with van der Waals surface area (Å²) in [6.45, 7) is 11.2. The fourth-order valence-corrected chi connectivity index (χ4v) is 4.32. The number of carbonyl (C=O) groups is 1. The number of ether oxygens (including phenoxy) is 2. The van der Waals surface area contributed by atoms with Crippen LogP contribution in [-0.4, -0.2) is 48.0 Å². The number of carbonyl (C=O) groups excluding carboxylic acids is 1. The van der Waals surface area contributed by atoms with Gasteiger partial charge in [0.25, 0.3) is 0 Å². The Labute approximate surface area is 168 Å². The van der Waals surface area contributed by atoms with Crippen molar-refractivity contribution in [3.05, 3.63) is 35.5 Å². The molecule has 0 bridgehead atoms. The number of rotatable bonds is 5. The van der Waals surface area contributed by atoms with Crippen LogP contribution in [0.1, 0.15) is 57.2 Å². The number of hydrogen-bond acceptors (Lipinski definition) is 3. The van der Waals surface area contributed by atoms with Crippen LogP contribution in [0.4, 0.5) is 4.79 Å². The van der Waals surface area contributed by atoms with E-state index >= 15 is 0 Å². The Hall–Kier alpha value is -2.01. The number of fused-ring (bicyclic) bond motifs is 1. The third-order valence-electron chi connectivity index (χ3n) is 5.46. The Morgan fingerprint density at radius 3 is 2.71 bits per heavy atom. The smallest absolute Gasteiger partial charge is 0.410 e. The van der Waals surface area contributed by atoms with Crippen molar-refractivity contribution in [2.24, 2.45) is 0 Å². The lowest BCUT2D eigenvalue weighted by molar-refractivity contribution is 0.0196. The van der Waals surface area contributed by atoms with Gasteiger partial charge < -0.3 is 18.9 Å². The molecule has 1 aliphatic heterocycles. The summed E-state index contributed by atoms with van der Waals surface area (Å²) in [7, 11) is 1.75. The van der Waals surface area contributed by atoms with Gasteiger partial charge in [-0.25, -0.2) is 4.79 Å². The number of aryl methyl sites for hydroxylation is 2. The fourth-order valence-electron chi connectivity index (χ4n) is 4.32. The normalized spacial score (nSPS) is 17.9. The van der Waals surface area contributed by atoms with E-state index in [0.29, 0.717) is 5.92 Å². The second-order valence-electron chi connectivity index (χ2n) is 8.79. The lowest BCUT2D eigenvalue weighted by Gasteiger charge is -2.35. The molecule has 2 aromatic rings. The van der Waals surface area contributed by atoms with Gasteiger partial charge in [-0.2, -0.15) is 0 Å². The monoisotopic (exact) mass is 386 g/mol. The van der Waals surface area contributed by atoms with Crippen molar-refractivity contribution in [3.63, 3.8) is 0 Å². The summed E-state index contributed by atoms with van der Waals surface area (Å²) < 4.78 is 13.4. The van der Waals surface area contributed by atoms with Crippen molar-refractivity contribution in [2.45, 2.75) is 65.0 Å². The molecular weight excluding hydrogens is 352 g/mol. The number of hydrogen-bond donors (Lipinski definition) is 0. The molecule has 1 unspecified atom stereocenters. The lowest BCUT2D eigenvalue weighted by Crippen LogP contribution is -2.42. The Kier molecular flexibility index (Phi) is 6.33. The molecule has 3 rings (SSSR count). The Morgan fingerprint density at radius 1 is 1.25 bits per heavy atom. The maximum Gasteiger partial charge on any atom is 0.410 e. The second kappa shape index (κ2) is 8.56. The SMILES string of the molecule is COCCCn1c(C2CCCN(C(=O)OC(C)(C)C)C2)c(C)c2ccccc21. The van der Waals surface area contributed by atoms with Gasteiger partial charge in [-0.05, 0) is 58.6 Å². The molecule has 0 saturated carbocycles. The van der Waals surface area contributed by atoms with Crippen molar-refractivity contribution < 1.29 is 14.3 Å². The Bertz CT molecular complexity index is 819. The topological polar surface area (TPSA) is 43.7 Å². The number of para-hydroxylation sites is 1. The highest BCUT2D eigenvalue weighted by molar-refractivity contribution is 5.85. The molecule has 5 nitrogen and oxygen atoms in total. The number of nitrogens with zero attached hydrogens (tertiary/aromatic N) is 2.